The first-order valence-electron chi connectivity index (χ1n) is 10.6. The first-order chi connectivity index (χ1) is 16.6. The van der Waals surface area contributed by atoms with Gasteiger partial charge in [-0.2, -0.15) is 5.26 Å². The van der Waals surface area contributed by atoms with Crippen LogP contribution in [-0.2, 0) is 4.79 Å². The van der Waals surface area contributed by atoms with Crippen molar-refractivity contribution in [1.29, 1.82) is 5.26 Å². The fraction of sp³-hybridized carbons (Fsp3) is 0.0714. The van der Waals surface area contributed by atoms with E-state index in [9.17, 15) is 10.1 Å². The summed E-state index contributed by atoms with van der Waals surface area (Å²) in [6.45, 7) is 4.04. The zero-order valence-electron chi connectivity index (χ0n) is 18.3. The van der Waals surface area contributed by atoms with Crippen LogP contribution in [0.5, 0.6) is 17.2 Å². The van der Waals surface area contributed by atoms with Crippen molar-refractivity contribution in [3.05, 3.63) is 120 Å². The van der Waals surface area contributed by atoms with E-state index >= 15 is 0 Å². The van der Waals surface area contributed by atoms with Crippen molar-refractivity contribution in [3.8, 4) is 23.3 Å². The molecule has 4 rings (SSSR count). The van der Waals surface area contributed by atoms with Crippen LogP contribution in [0.15, 0.2) is 103 Å². The maximum absolute atomic E-state index is 12.3. The lowest BCUT2D eigenvalue weighted by Gasteiger charge is -2.26. The van der Waals surface area contributed by atoms with Crippen LogP contribution < -0.4 is 19.9 Å². The quantitative estimate of drug-likeness (QED) is 0.233. The molecule has 0 saturated heterocycles. The minimum Gasteiger partial charge on any atom is -0.490 e. The van der Waals surface area contributed by atoms with Crippen LogP contribution in [-0.4, -0.2) is 12.6 Å². The van der Waals surface area contributed by atoms with E-state index in [1.54, 1.807) is 30.4 Å². The Bertz CT molecular complexity index is 1300. The Kier molecular flexibility index (Phi) is 6.76. The summed E-state index contributed by atoms with van der Waals surface area (Å²) < 4.78 is 16.7. The highest BCUT2D eigenvalue weighted by Crippen LogP contribution is 2.43. The zero-order valence-corrected chi connectivity index (χ0v) is 18.3. The summed E-state index contributed by atoms with van der Waals surface area (Å²) in [7, 11) is 0. The molecule has 1 unspecified atom stereocenters. The molecule has 6 heteroatoms. The second-order valence-corrected chi connectivity index (χ2v) is 7.46. The van der Waals surface area contributed by atoms with Crippen LogP contribution in [0.2, 0.25) is 0 Å². The molecule has 0 bridgehead atoms. The summed E-state index contributed by atoms with van der Waals surface area (Å²) in [5.74, 6) is 0.487. The summed E-state index contributed by atoms with van der Waals surface area (Å²) in [6.07, 6.45) is 4.70. The van der Waals surface area contributed by atoms with Gasteiger partial charge < -0.3 is 19.9 Å². The number of nitriles is 1. The van der Waals surface area contributed by atoms with Gasteiger partial charge >= 0.3 is 5.97 Å². The van der Waals surface area contributed by atoms with E-state index in [1.165, 1.54) is 6.08 Å². The standard InChI is InChI=1S/C28H22N2O4/c1-2-16-32-21-11-9-20(10-12-21)27-23-14-13-22(17-25(23)34-28(30)24(27)18-29)33-26(31)15-8-19-6-4-3-5-7-19/h2-15,17,27H,1,16,30H2/b15-8+. The van der Waals surface area contributed by atoms with Crippen molar-refractivity contribution < 1.29 is 19.0 Å². The average Bonchev–Trinajstić information content (AvgIpc) is 2.86. The molecule has 0 radical (unpaired) electrons. The molecule has 3 aromatic rings. The number of ether oxygens (including phenoxy) is 3. The lowest BCUT2D eigenvalue weighted by Crippen LogP contribution is -2.21. The van der Waals surface area contributed by atoms with Gasteiger partial charge in [0.1, 0.15) is 35.5 Å². The van der Waals surface area contributed by atoms with Gasteiger partial charge in [0.05, 0.1) is 5.92 Å². The number of nitrogens with two attached hydrogens (primary N) is 1. The summed E-state index contributed by atoms with van der Waals surface area (Å²) in [6, 6.07) is 24.1. The van der Waals surface area contributed by atoms with Crippen LogP contribution in [0.3, 0.4) is 0 Å². The molecule has 0 saturated carbocycles. The maximum Gasteiger partial charge on any atom is 0.336 e. The lowest BCUT2D eigenvalue weighted by atomic mass is 9.83. The Balaban J connectivity index is 1.58. The Hall–Kier alpha value is -4.76. The number of allylic oxidation sites excluding steroid dienone is 1. The normalized spacial score (nSPS) is 14.6. The van der Waals surface area contributed by atoms with E-state index in [1.807, 2.05) is 54.6 Å². The third kappa shape index (κ3) is 5.00. The lowest BCUT2D eigenvalue weighted by molar-refractivity contribution is -0.128. The van der Waals surface area contributed by atoms with E-state index < -0.39 is 11.9 Å². The van der Waals surface area contributed by atoms with Crippen LogP contribution in [0.4, 0.5) is 0 Å². The second-order valence-electron chi connectivity index (χ2n) is 7.46. The Morgan fingerprint density at radius 1 is 1.09 bits per heavy atom. The predicted octanol–water partition coefficient (Wildman–Crippen LogP) is 5.09. The molecule has 1 aliphatic heterocycles. The minimum atomic E-state index is -0.521. The highest BCUT2D eigenvalue weighted by atomic mass is 16.5. The van der Waals surface area contributed by atoms with E-state index in [2.05, 4.69) is 12.6 Å². The molecule has 34 heavy (non-hydrogen) atoms. The number of rotatable bonds is 7. The highest BCUT2D eigenvalue weighted by Gasteiger charge is 2.31. The molecule has 0 spiro atoms. The molecule has 3 aromatic carbocycles. The topological polar surface area (TPSA) is 94.6 Å². The summed E-state index contributed by atoms with van der Waals surface area (Å²) in [5, 5.41) is 9.74. The van der Waals surface area contributed by atoms with Gasteiger partial charge in [-0.05, 0) is 35.4 Å². The molecule has 168 valence electrons. The van der Waals surface area contributed by atoms with E-state index in [4.69, 9.17) is 19.9 Å². The van der Waals surface area contributed by atoms with Crippen LogP contribution in [0.1, 0.15) is 22.6 Å². The van der Waals surface area contributed by atoms with Crippen molar-refractivity contribution in [2.24, 2.45) is 5.73 Å². The van der Waals surface area contributed by atoms with Gasteiger partial charge in [-0.15, -0.1) is 0 Å². The monoisotopic (exact) mass is 450 g/mol. The number of esters is 1. The van der Waals surface area contributed by atoms with Crippen LogP contribution >= 0.6 is 0 Å². The van der Waals surface area contributed by atoms with Gasteiger partial charge in [-0.1, -0.05) is 61.2 Å². The van der Waals surface area contributed by atoms with Crippen molar-refractivity contribution in [3.63, 3.8) is 0 Å². The SMILES string of the molecule is C=CCOc1ccc(C2C(C#N)=C(N)Oc3cc(OC(=O)/C=C/c4ccccc4)ccc32)cc1. The third-order valence-corrected chi connectivity index (χ3v) is 5.20. The largest absolute Gasteiger partial charge is 0.490 e. The number of nitrogens with zero attached hydrogens (tertiary/aromatic N) is 1. The summed E-state index contributed by atoms with van der Waals surface area (Å²) >= 11 is 0. The molecule has 1 heterocycles. The molecule has 0 aromatic heterocycles. The number of carbonyl (C=O) groups excluding carboxylic acids is 1. The highest BCUT2D eigenvalue weighted by molar-refractivity contribution is 5.88. The van der Waals surface area contributed by atoms with E-state index in [-0.39, 0.29) is 5.88 Å². The fourth-order valence-electron chi connectivity index (χ4n) is 3.63. The van der Waals surface area contributed by atoms with Crippen molar-refractivity contribution in [2.75, 3.05) is 6.61 Å². The van der Waals surface area contributed by atoms with Gasteiger partial charge in [-0.25, -0.2) is 4.79 Å². The fourth-order valence-corrected chi connectivity index (χ4v) is 3.63. The Morgan fingerprint density at radius 3 is 2.53 bits per heavy atom. The van der Waals surface area contributed by atoms with Crippen molar-refractivity contribution in [2.45, 2.75) is 5.92 Å². The number of benzene rings is 3. The molecular weight excluding hydrogens is 428 g/mol. The smallest absolute Gasteiger partial charge is 0.336 e. The van der Waals surface area contributed by atoms with Gasteiger partial charge in [0.25, 0.3) is 0 Å². The minimum absolute atomic E-state index is 0.0134. The molecule has 6 nitrogen and oxygen atoms in total. The Morgan fingerprint density at radius 2 is 1.82 bits per heavy atom. The first kappa shape index (κ1) is 22.4. The van der Waals surface area contributed by atoms with Crippen molar-refractivity contribution in [1.82, 2.24) is 0 Å². The predicted molar refractivity (Wildman–Crippen MR) is 129 cm³/mol. The van der Waals surface area contributed by atoms with Gasteiger partial charge in [-0.3, -0.25) is 0 Å². The number of carbonyl (C=O) groups is 1. The molecule has 1 atom stereocenters. The first-order valence-corrected chi connectivity index (χ1v) is 10.6. The number of fused-ring (bicyclic) bond motifs is 1. The molecule has 1 aliphatic rings. The second kappa shape index (κ2) is 10.2. The molecule has 0 aliphatic carbocycles. The molecule has 0 fully saturated rings. The van der Waals surface area contributed by atoms with Gasteiger partial charge in [0.15, 0.2) is 0 Å². The number of hydrogen-bond donors (Lipinski definition) is 1. The number of hydrogen-bond acceptors (Lipinski definition) is 6. The van der Waals surface area contributed by atoms with E-state index in [0.29, 0.717) is 29.4 Å². The molecule has 0 amide bonds. The average molecular weight is 450 g/mol. The van der Waals surface area contributed by atoms with E-state index in [0.717, 1.165) is 16.7 Å². The Labute approximate surface area is 197 Å². The zero-order chi connectivity index (χ0) is 23.9. The molecular formula is C28H22N2O4. The van der Waals surface area contributed by atoms with Crippen LogP contribution in [0.25, 0.3) is 6.08 Å². The third-order valence-electron chi connectivity index (χ3n) is 5.20. The van der Waals surface area contributed by atoms with Gasteiger partial charge in [0, 0.05) is 17.7 Å². The summed E-state index contributed by atoms with van der Waals surface area (Å²) in [5.41, 5.74) is 8.86. The molecule has 2 N–H and O–H groups in total. The summed E-state index contributed by atoms with van der Waals surface area (Å²) in [4.78, 5) is 12.3. The van der Waals surface area contributed by atoms with Gasteiger partial charge in [0.2, 0.25) is 5.88 Å². The van der Waals surface area contributed by atoms with Crippen molar-refractivity contribution >= 4 is 12.0 Å². The van der Waals surface area contributed by atoms with Crippen LogP contribution in [0, 0.1) is 11.3 Å². The maximum atomic E-state index is 12.3.